The van der Waals surface area contributed by atoms with Crippen LogP contribution in [0.2, 0.25) is 0 Å². The Labute approximate surface area is 153 Å². The third kappa shape index (κ3) is 2.89. The minimum absolute atomic E-state index is 0.0428. The van der Waals surface area contributed by atoms with Gasteiger partial charge in [-0.3, -0.25) is 0 Å². The number of thiol groups is 1. The first-order valence-corrected chi connectivity index (χ1v) is 9.12. The second kappa shape index (κ2) is 6.34. The lowest BCUT2D eigenvalue weighted by atomic mass is 9.79. The van der Waals surface area contributed by atoms with Gasteiger partial charge in [0.2, 0.25) is 0 Å². The van der Waals surface area contributed by atoms with Gasteiger partial charge in [-0.15, -0.1) is 12.6 Å². The van der Waals surface area contributed by atoms with Crippen molar-refractivity contribution in [3.8, 4) is 0 Å². The van der Waals surface area contributed by atoms with Gasteiger partial charge in [-0.25, -0.2) is 9.37 Å². The number of hydrogen-bond donors (Lipinski definition) is 1. The van der Waals surface area contributed by atoms with E-state index in [1.54, 1.807) is 12.1 Å². The molecule has 0 amide bonds. The smallest absolute Gasteiger partial charge is 0.165 e. The third-order valence-electron chi connectivity index (χ3n) is 5.46. The van der Waals surface area contributed by atoms with E-state index in [1.165, 1.54) is 16.8 Å². The average molecular weight is 352 g/mol. The fraction of sp³-hybridized carbons (Fsp3) is 0.286. The lowest BCUT2D eigenvalue weighted by molar-refractivity contribution is 0.399. The maximum Gasteiger partial charge on any atom is 0.165 e. The Morgan fingerprint density at radius 1 is 1.12 bits per heavy atom. The number of nitrogens with zero attached hydrogens (tertiary/aromatic N) is 2. The molecule has 2 aromatic carbocycles. The van der Waals surface area contributed by atoms with Crippen molar-refractivity contribution in [3.63, 3.8) is 0 Å². The van der Waals surface area contributed by atoms with Crippen molar-refractivity contribution >= 4 is 12.6 Å². The van der Waals surface area contributed by atoms with Crippen LogP contribution in [0.3, 0.4) is 0 Å². The van der Waals surface area contributed by atoms with Gasteiger partial charge in [0.25, 0.3) is 0 Å². The first-order chi connectivity index (χ1) is 12.1. The largest absolute Gasteiger partial charge is 0.318 e. The Morgan fingerprint density at radius 3 is 2.64 bits per heavy atom. The summed E-state index contributed by atoms with van der Waals surface area (Å²) in [5, 5.41) is 0.730. The zero-order valence-electron chi connectivity index (χ0n) is 14.2. The number of rotatable bonds is 4. The molecule has 2 nitrogen and oxygen atoms in total. The molecule has 0 fully saturated rings. The molecule has 4 heteroatoms. The highest BCUT2D eigenvalue weighted by atomic mass is 32.1. The summed E-state index contributed by atoms with van der Waals surface area (Å²) < 4.78 is 15.9. The number of fused-ring (bicyclic) bond motifs is 1. The van der Waals surface area contributed by atoms with Crippen LogP contribution in [-0.2, 0) is 24.8 Å². The minimum Gasteiger partial charge on any atom is -0.318 e. The van der Waals surface area contributed by atoms with Gasteiger partial charge in [-0.1, -0.05) is 43.3 Å². The van der Waals surface area contributed by atoms with Crippen LogP contribution in [-0.4, -0.2) is 9.55 Å². The Hall–Kier alpha value is -2.07. The van der Waals surface area contributed by atoms with Crippen molar-refractivity contribution in [2.45, 2.75) is 43.3 Å². The van der Waals surface area contributed by atoms with Crippen LogP contribution in [0, 0.1) is 5.82 Å². The van der Waals surface area contributed by atoms with Crippen molar-refractivity contribution < 1.29 is 4.39 Å². The molecule has 0 spiro atoms. The quantitative estimate of drug-likeness (QED) is 0.668. The van der Waals surface area contributed by atoms with Gasteiger partial charge in [-0.05, 0) is 48.1 Å². The van der Waals surface area contributed by atoms with E-state index in [1.807, 2.05) is 30.5 Å². The van der Waals surface area contributed by atoms with Crippen LogP contribution < -0.4 is 0 Å². The highest BCUT2D eigenvalue weighted by Crippen LogP contribution is 2.43. The van der Waals surface area contributed by atoms with E-state index in [0.29, 0.717) is 0 Å². The molecule has 0 bridgehead atoms. The van der Waals surface area contributed by atoms with Crippen molar-refractivity contribution in [2.24, 2.45) is 0 Å². The molecule has 4 rings (SSSR count). The normalized spacial score (nSPS) is 19.2. The van der Waals surface area contributed by atoms with Gasteiger partial charge < -0.3 is 4.57 Å². The summed E-state index contributed by atoms with van der Waals surface area (Å²) in [4.78, 5) is 4.48. The molecule has 0 saturated heterocycles. The molecular formula is C21H21FN2S. The molecule has 1 unspecified atom stereocenters. The summed E-state index contributed by atoms with van der Waals surface area (Å²) in [6.45, 7) is 2.96. The fourth-order valence-electron chi connectivity index (χ4n) is 4.05. The van der Waals surface area contributed by atoms with Gasteiger partial charge in [0, 0.05) is 23.9 Å². The lowest BCUT2D eigenvalue weighted by Crippen LogP contribution is -2.29. The molecular weight excluding hydrogens is 331 g/mol. The zero-order valence-corrected chi connectivity index (χ0v) is 15.1. The number of imidazole rings is 1. The predicted octanol–water partition coefficient (Wildman–Crippen LogP) is 4.81. The predicted molar refractivity (Wildman–Crippen MR) is 101 cm³/mol. The van der Waals surface area contributed by atoms with Crippen LogP contribution in [0.15, 0.2) is 59.9 Å². The number of hydrogen-bond acceptors (Lipinski definition) is 2. The molecule has 1 atom stereocenters. The van der Waals surface area contributed by atoms with Gasteiger partial charge >= 0.3 is 0 Å². The van der Waals surface area contributed by atoms with Crippen LogP contribution in [0.4, 0.5) is 4.39 Å². The lowest BCUT2D eigenvalue weighted by Gasteiger charge is -2.29. The summed E-state index contributed by atoms with van der Waals surface area (Å²) in [6.07, 6.45) is 4.71. The zero-order chi connectivity index (χ0) is 17.4. The Kier molecular flexibility index (Phi) is 4.16. The first-order valence-electron chi connectivity index (χ1n) is 8.67. The average Bonchev–Trinajstić information content (AvgIpc) is 3.17. The molecule has 1 aliphatic rings. The molecule has 1 heterocycles. The van der Waals surface area contributed by atoms with Crippen molar-refractivity contribution in [3.05, 3.63) is 82.9 Å². The molecule has 0 aliphatic heterocycles. The van der Waals surface area contributed by atoms with Gasteiger partial charge in [0.15, 0.2) is 5.16 Å². The Morgan fingerprint density at radius 2 is 1.88 bits per heavy atom. The van der Waals surface area contributed by atoms with Crippen LogP contribution in [0.25, 0.3) is 0 Å². The van der Waals surface area contributed by atoms with Crippen molar-refractivity contribution in [2.75, 3.05) is 0 Å². The van der Waals surface area contributed by atoms with E-state index < -0.39 is 0 Å². The minimum atomic E-state index is -0.154. The standard InChI is InChI=1S/C21H21FN2S/c1-2-21(11-16-8-9-18(22)10-17(16)12-21)19-13-23-20(25)24(19)14-15-6-4-3-5-7-15/h3-10,13H,2,11-12,14H2,1H3,(H,23,25). The summed E-state index contributed by atoms with van der Waals surface area (Å²) in [6, 6.07) is 15.5. The molecule has 0 saturated carbocycles. The van der Waals surface area contributed by atoms with E-state index in [2.05, 4.69) is 41.2 Å². The molecule has 1 aliphatic carbocycles. The van der Waals surface area contributed by atoms with E-state index in [-0.39, 0.29) is 11.2 Å². The van der Waals surface area contributed by atoms with Crippen LogP contribution in [0.5, 0.6) is 0 Å². The fourth-order valence-corrected chi connectivity index (χ4v) is 4.28. The summed E-state index contributed by atoms with van der Waals surface area (Å²) in [5.74, 6) is -0.154. The Bertz CT molecular complexity index is 904. The van der Waals surface area contributed by atoms with Crippen molar-refractivity contribution in [1.82, 2.24) is 9.55 Å². The SMILES string of the molecule is CCC1(c2cnc(S)n2Cc2ccccc2)Cc2ccc(F)cc2C1. The summed E-state index contributed by atoms with van der Waals surface area (Å²) in [5.41, 5.74) is 4.75. The second-order valence-corrected chi connectivity index (χ2v) is 7.32. The van der Waals surface area contributed by atoms with E-state index in [9.17, 15) is 4.39 Å². The Balaban J connectivity index is 1.74. The van der Waals surface area contributed by atoms with Gasteiger partial charge in [0.1, 0.15) is 5.82 Å². The molecule has 0 radical (unpaired) electrons. The van der Waals surface area contributed by atoms with Crippen LogP contribution >= 0.6 is 12.6 Å². The second-order valence-electron chi connectivity index (χ2n) is 6.92. The monoisotopic (exact) mass is 352 g/mol. The maximum absolute atomic E-state index is 13.7. The van der Waals surface area contributed by atoms with E-state index in [0.717, 1.165) is 36.5 Å². The number of aromatic nitrogens is 2. The number of benzene rings is 2. The van der Waals surface area contributed by atoms with Crippen molar-refractivity contribution in [1.29, 1.82) is 0 Å². The number of halogens is 1. The molecule has 0 N–H and O–H groups in total. The molecule has 128 valence electrons. The first kappa shape index (κ1) is 16.4. The third-order valence-corrected chi connectivity index (χ3v) is 5.82. The van der Waals surface area contributed by atoms with E-state index in [4.69, 9.17) is 0 Å². The maximum atomic E-state index is 13.7. The van der Waals surface area contributed by atoms with Gasteiger partial charge in [-0.2, -0.15) is 0 Å². The molecule has 3 aromatic rings. The molecule has 1 aromatic heterocycles. The summed E-state index contributed by atoms with van der Waals surface area (Å²) >= 11 is 4.59. The van der Waals surface area contributed by atoms with Gasteiger partial charge in [0.05, 0.1) is 0 Å². The van der Waals surface area contributed by atoms with Crippen LogP contribution in [0.1, 0.15) is 35.7 Å². The summed E-state index contributed by atoms with van der Waals surface area (Å²) in [7, 11) is 0. The molecule has 25 heavy (non-hydrogen) atoms. The topological polar surface area (TPSA) is 17.8 Å². The highest BCUT2D eigenvalue weighted by molar-refractivity contribution is 7.80. The van der Waals surface area contributed by atoms with E-state index >= 15 is 0 Å². The highest BCUT2D eigenvalue weighted by Gasteiger charge is 2.40.